The summed E-state index contributed by atoms with van der Waals surface area (Å²) in [5.41, 5.74) is 1.53. The van der Waals surface area contributed by atoms with Gasteiger partial charge in [0.1, 0.15) is 6.04 Å². The van der Waals surface area contributed by atoms with Crippen LogP contribution in [-0.2, 0) is 9.59 Å². The van der Waals surface area contributed by atoms with Crippen LogP contribution in [0.5, 0.6) is 11.5 Å². The second-order valence-electron chi connectivity index (χ2n) is 7.25. The van der Waals surface area contributed by atoms with Crippen LogP contribution in [0, 0.1) is 0 Å². The van der Waals surface area contributed by atoms with Crippen molar-refractivity contribution in [1.29, 1.82) is 0 Å². The van der Waals surface area contributed by atoms with Crippen LogP contribution >= 0.6 is 0 Å². The third-order valence-electron chi connectivity index (χ3n) is 5.66. The molecule has 2 saturated heterocycles. The van der Waals surface area contributed by atoms with Gasteiger partial charge in [-0.2, -0.15) is 0 Å². The molecule has 0 radical (unpaired) electrons. The first-order valence-corrected chi connectivity index (χ1v) is 9.75. The lowest BCUT2D eigenvalue weighted by Gasteiger charge is -2.40. The van der Waals surface area contributed by atoms with Crippen LogP contribution in [0.1, 0.15) is 32.1 Å². The Bertz CT molecular complexity index is 914. The molecule has 2 aliphatic rings. The van der Waals surface area contributed by atoms with Gasteiger partial charge < -0.3 is 19.3 Å². The number of nitrogens with zero attached hydrogens (tertiary/aromatic N) is 3. The lowest BCUT2D eigenvalue weighted by Crippen LogP contribution is -2.55. The number of likely N-dealkylation sites (tertiary alicyclic amines) is 1. The van der Waals surface area contributed by atoms with Gasteiger partial charge in [-0.25, -0.2) is 0 Å². The minimum Gasteiger partial charge on any atom is -0.493 e. The Morgan fingerprint density at radius 3 is 2.57 bits per heavy atom. The van der Waals surface area contributed by atoms with Gasteiger partial charge in [0.05, 0.1) is 25.4 Å². The molecule has 1 aromatic heterocycles. The molecule has 2 fully saturated rings. The predicted octanol–water partition coefficient (Wildman–Crippen LogP) is 2.76. The first kappa shape index (κ1) is 18.5. The molecular formula is C21H25N3O4. The molecule has 0 N–H and O–H groups in total. The van der Waals surface area contributed by atoms with Crippen molar-refractivity contribution in [3.05, 3.63) is 24.4 Å². The van der Waals surface area contributed by atoms with Crippen LogP contribution < -0.4 is 14.4 Å². The maximum Gasteiger partial charge on any atom is 0.249 e. The number of carbonyl (C=O) groups is 2. The van der Waals surface area contributed by atoms with E-state index >= 15 is 0 Å². The number of rotatable bonds is 4. The number of aromatic nitrogens is 1. The lowest BCUT2D eigenvalue weighted by molar-refractivity contribution is -0.142. The van der Waals surface area contributed by atoms with Crippen molar-refractivity contribution in [2.24, 2.45) is 0 Å². The molecule has 2 amide bonds. The van der Waals surface area contributed by atoms with Crippen LogP contribution in [0.3, 0.4) is 0 Å². The van der Waals surface area contributed by atoms with E-state index in [0.29, 0.717) is 31.0 Å². The monoisotopic (exact) mass is 383 g/mol. The van der Waals surface area contributed by atoms with Gasteiger partial charge in [0.2, 0.25) is 11.8 Å². The summed E-state index contributed by atoms with van der Waals surface area (Å²) in [6, 6.07) is 5.16. The van der Waals surface area contributed by atoms with E-state index in [1.807, 2.05) is 18.2 Å². The summed E-state index contributed by atoms with van der Waals surface area (Å²) >= 11 is 0. The number of amides is 2. The fourth-order valence-corrected chi connectivity index (χ4v) is 4.23. The molecule has 3 heterocycles. The largest absolute Gasteiger partial charge is 0.493 e. The molecule has 4 rings (SSSR count). The van der Waals surface area contributed by atoms with Crippen molar-refractivity contribution in [3.63, 3.8) is 0 Å². The first-order valence-electron chi connectivity index (χ1n) is 9.75. The summed E-state index contributed by atoms with van der Waals surface area (Å²) in [7, 11) is 3.17. The Balaban J connectivity index is 1.72. The summed E-state index contributed by atoms with van der Waals surface area (Å²) in [6.07, 6.45) is 5.70. The topological polar surface area (TPSA) is 72.0 Å². The van der Waals surface area contributed by atoms with Crippen molar-refractivity contribution < 1.29 is 19.1 Å². The van der Waals surface area contributed by atoms with Gasteiger partial charge in [-0.3, -0.25) is 14.6 Å². The Labute approximate surface area is 164 Å². The summed E-state index contributed by atoms with van der Waals surface area (Å²) in [5.74, 6) is 1.28. The number of methoxy groups -OCH3 is 2. The highest BCUT2D eigenvalue weighted by molar-refractivity contribution is 6.06. The normalized spacial score (nSPS) is 20.6. The summed E-state index contributed by atoms with van der Waals surface area (Å²) < 4.78 is 10.8. The van der Waals surface area contributed by atoms with E-state index < -0.39 is 0 Å². The average Bonchev–Trinajstić information content (AvgIpc) is 2.73. The fraction of sp³-hybridized carbons (Fsp3) is 0.476. The number of fused-ring (bicyclic) bond motifs is 1. The molecule has 1 aromatic carbocycles. The van der Waals surface area contributed by atoms with E-state index in [2.05, 4.69) is 4.98 Å². The fourth-order valence-electron chi connectivity index (χ4n) is 4.23. The van der Waals surface area contributed by atoms with E-state index in [9.17, 15) is 9.59 Å². The molecule has 7 heteroatoms. The number of hydrogen-bond donors (Lipinski definition) is 0. The SMILES string of the molecule is COc1cc2nccc(N3CCCC(N4CCCCC4=O)C3=O)c2cc1OC. The number of ether oxygens (including phenoxy) is 2. The minimum atomic E-state index is -0.370. The highest BCUT2D eigenvalue weighted by Crippen LogP contribution is 2.37. The molecule has 148 valence electrons. The van der Waals surface area contributed by atoms with Crippen molar-refractivity contribution in [3.8, 4) is 11.5 Å². The van der Waals surface area contributed by atoms with Gasteiger partial charge in [-0.05, 0) is 37.8 Å². The van der Waals surface area contributed by atoms with Crippen LogP contribution in [0.25, 0.3) is 10.9 Å². The summed E-state index contributed by atoms with van der Waals surface area (Å²) in [4.78, 5) is 33.7. The Morgan fingerprint density at radius 1 is 1.04 bits per heavy atom. The van der Waals surface area contributed by atoms with Crippen LogP contribution in [-0.4, -0.2) is 55.0 Å². The third kappa shape index (κ3) is 3.15. The standard InChI is InChI=1S/C21H25N3O4/c1-27-18-12-14-15(13-19(18)28-2)22-9-8-16(14)24-11-5-6-17(21(24)26)23-10-4-3-7-20(23)25/h8-9,12-13,17H,3-7,10-11H2,1-2H3. The van der Waals surface area contributed by atoms with Crippen LogP contribution in [0.15, 0.2) is 24.4 Å². The highest BCUT2D eigenvalue weighted by Gasteiger charge is 2.37. The molecule has 7 nitrogen and oxygen atoms in total. The number of benzene rings is 1. The summed E-state index contributed by atoms with van der Waals surface area (Å²) in [5, 5.41) is 0.833. The van der Waals surface area contributed by atoms with Gasteiger partial charge in [0.15, 0.2) is 11.5 Å². The van der Waals surface area contributed by atoms with E-state index in [0.717, 1.165) is 42.3 Å². The molecule has 1 unspecified atom stereocenters. The van der Waals surface area contributed by atoms with E-state index in [1.54, 1.807) is 30.2 Å². The maximum absolute atomic E-state index is 13.3. The van der Waals surface area contributed by atoms with Gasteiger partial charge in [-0.15, -0.1) is 0 Å². The molecule has 28 heavy (non-hydrogen) atoms. The van der Waals surface area contributed by atoms with E-state index in [4.69, 9.17) is 9.47 Å². The van der Waals surface area contributed by atoms with Gasteiger partial charge in [-0.1, -0.05) is 0 Å². The lowest BCUT2D eigenvalue weighted by atomic mass is 9.98. The first-order chi connectivity index (χ1) is 13.6. The van der Waals surface area contributed by atoms with Gasteiger partial charge in [0.25, 0.3) is 0 Å². The Hall–Kier alpha value is -2.83. The molecule has 0 spiro atoms. The zero-order chi connectivity index (χ0) is 19.7. The van der Waals surface area contributed by atoms with Crippen molar-refractivity contribution in [1.82, 2.24) is 9.88 Å². The summed E-state index contributed by atoms with van der Waals surface area (Å²) in [6.45, 7) is 1.30. The van der Waals surface area contributed by atoms with Crippen molar-refractivity contribution in [2.45, 2.75) is 38.1 Å². The predicted molar refractivity (Wildman–Crippen MR) is 106 cm³/mol. The number of carbonyl (C=O) groups excluding carboxylic acids is 2. The Kier molecular flexibility index (Phi) is 5.07. The molecule has 1 atom stereocenters. The molecule has 0 saturated carbocycles. The number of hydrogen-bond acceptors (Lipinski definition) is 5. The maximum atomic E-state index is 13.3. The minimum absolute atomic E-state index is 0.0104. The molecule has 0 bridgehead atoms. The second-order valence-corrected chi connectivity index (χ2v) is 7.25. The van der Waals surface area contributed by atoms with Crippen molar-refractivity contribution >= 4 is 28.4 Å². The Morgan fingerprint density at radius 2 is 1.82 bits per heavy atom. The average molecular weight is 383 g/mol. The van der Waals surface area contributed by atoms with Gasteiger partial charge >= 0.3 is 0 Å². The number of anilines is 1. The van der Waals surface area contributed by atoms with Crippen LogP contribution in [0.2, 0.25) is 0 Å². The zero-order valence-corrected chi connectivity index (χ0v) is 16.3. The highest BCUT2D eigenvalue weighted by atomic mass is 16.5. The van der Waals surface area contributed by atoms with E-state index in [1.165, 1.54) is 0 Å². The zero-order valence-electron chi connectivity index (χ0n) is 16.3. The smallest absolute Gasteiger partial charge is 0.249 e. The molecule has 0 aliphatic carbocycles. The number of piperidine rings is 2. The van der Waals surface area contributed by atoms with E-state index in [-0.39, 0.29) is 17.9 Å². The molecule has 2 aromatic rings. The van der Waals surface area contributed by atoms with Crippen molar-refractivity contribution in [2.75, 3.05) is 32.2 Å². The number of pyridine rings is 1. The molecular weight excluding hydrogens is 358 g/mol. The third-order valence-corrected chi connectivity index (χ3v) is 5.66. The quantitative estimate of drug-likeness (QED) is 0.812. The van der Waals surface area contributed by atoms with Crippen LogP contribution in [0.4, 0.5) is 5.69 Å². The molecule has 2 aliphatic heterocycles. The second kappa shape index (κ2) is 7.66. The van der Waals surface area contributed by atoms with Gasteiger partial charge in [0, 0.05) is 37.2 Å².